The van der Waals surface area contributed by atoms with Crippen molar-refractivity contribution in [2.75, 3.05) is 26.9 Å². The number of methoxy groups -OCH3 is 1. The van der Waals surface area contributed by atoms with Crippen LogP contribution >= 0.6 is 23.2 Å². The fourth-order valence-corrected chi connectivity index (χ4v) is 5.01. The van der Waals surface area contributed by atoms with E-state index in [9.17, 15) is 14.4 Å². The number of amides is 1. The zero-order chi connectivity index (χ0) is 29.9. The second kappa shape index (κ2) is 15.9. The van der Waals surface area contributed by atoms with Gasteiger partial charge >= 0.3 is 11.9 Å². The summed E-state index contributed by atoms with van der Waals surface area (Å²) in [6.07, 6.45) is 3.57. The highest BCUT2D eigenvalue weighted by Crippen LogP contribution is 2.30. The standard InChI is InChI=1S/C29H36Cl2N2O8/c1-5-6-7-12-39-26-17(2)40-29(36)23(16-38-15-20(26)13-19-8-9-21(30)14-22(19)31)33-28(35)25-27(41-18(3)34)24(37-4)10-11-32-25/h8-11,14,17,20,23,26H,5-7,12-13,15-16H2,1-4H3,(H,33,35)/t17-,20-,23-,26-/m0/s1. The van der Waals surface area contributed by atoms with E-state index in [0.29, 0.717) is 23.1 Å². The minimum atomic E-state index is -1.17. The second-order valence-corrected chi connectivity index (χ2v) is 10.6. The van der Waals surface area contributed by atoms with Crippen LogP contribution < -0.4 is 14.8 Å². The van der Waals surface area contributed by atoms with E-state index in [-0.39, 0.29) is 36.3 Å². The maximum absolute atomic E-state index is 13.2. The molecule has 2 heterocycles. The number of carbonyl (C=O) groups excluding carboxylic acids is 3. The Bertz CT molecular complexity index is 1210. The number of nitrogens with zero attached hydrogens (tertiary/aromatic N) is 1. The zero-order valence-electron chi connectivity index (χ0n) is 23.6. The van der Waals surface area contributed by atoms with Crippen LogP contribution in [-0.4, -0.2) is 68.0 Å². The van der Waals surface area contributed by atoms with Gasteiger partial charge in [0.1, 0.15) is 6.10 Å². The Morgan fingerprint density at radius 1 is 1.17 bits per heavy atom. The van der Waals surface area contributed by atoms with Crippen LogP contribution in [0.3, 0.4) is 0 Å². The van der Waals surface area contributed by atoms with E-state index in [1.54, 1.807) is 19.1 Å². The van der Waals surface area contributed by atoms with Crippen LogP contribution in [0.4, 0.5) is 0 Å². The molecule has 0 radical (unpaired) electrons. The normalized spacial score (nSPS) is 21.2. The molecule has 1 fully saturated rings. The van der Waals surface area contributed by atoms with Gasteiger partial charge in [0.15, 0.2) is 17.5 Å². The maximum atomic E-state index is 13.2. The molecule has 1 N–H and O–H groups in total. The number of rotatable bonds is 11. The largest absolute Gasteiger partial charge is 0.493 e. The molecule has 12 heteroatoms. The molecule has 1 aromatic carbocycles. The number of benzene rings is 1. The molecule has 10 nitrogen and oxygen atoms in total. The number of hydrogen-bond acceptors (Lipinski definition) is 9. The van der Waals surface area contributed by atoms with E-state index in [2.05, 4.69) is 17.2 Å². The SMILES string of the molecule is CCCCCO[C@@H]1[C@@H](Cc2ccc(Cl)cc2Cl)COC[C@H](NC(=O)c2nccc(OC)c2OC(C)=O)C(=O)O[C@H]1C. The van der Waals surface area contributed by atoms with Gasteiger partial charge < -0.3 is 29.0 Å². The molecule has 1 saturated heterocycles. The summed E-state index contributed by atoms with van der Waals surface area (Å²) < 4.78 is 28.4. The molecule has 41 heavy (non-hydrogen) atoms. The van der Waals surface area contributed by atoms with Crippen LogP contribution in [0, 0.1) is 5.92 Å². The Kier molecular flexibility index (Phi) is 12.6. The Labute approximate surface area is 249 Å². The summed E-state index contributed by atoms with van der Waals surface area (Å²) in [5.74, 6) is -2.38. The number of hydrogen-bond donors (Lipinski definition) is 1. The zero-order valence-corrected chi connectivity index (χ0v) is 25.1. The summed E-state index contributed by atoms with van der Waals surface area (Å²) in [7, 11) is 1.36. The maximum Gasteiger partial charge on any atom is 0.331 e. The number of aromatic nitrogens is 1. The van der Waals surface area contributed by atoms with Gasteiger partial charge in [0, 0.05) is 41.8 Å². The first-order valence-corrected chi connectivity index (χ1v) is 14.3. The van der Waals surface area contributed by atoms with E-state index in [0.717, 1.165) is 24.8 Å². The van der Waals surface area contributed by atoms with Gasteiger partial charge in [-0.3, -0.25) is 9.59 Å². The third-order valence-electron chi connectivity index (χ3n) is 6.54. The quantitative estimate of drug-likeness (QED) is 0.282. The van der Waals surface area contributed by atoms with Crippen LogP contribution in [0.2, 0.25) is 10.0 Å². The van der Waals surface area contributed by atoms with Crippen molar-refractivity contribution in [3.63, 3.8) is 0 Å². The molecular formula is C29H36Cl2N2O8. The van der Waals surface area contributed by atoms with Crippen molar-refractivity contribution in [3.05, 3.63) is 51.8 Å². The summed E-state index contributed by atoms with van der Waals surface area (Å²) in [5.41, 5.74) is 0.629. The molecule has 0 aliphatic carbocycles. The molecule has 0 spiro atoms. The highest BCUT2D eigenvalue weighted by molar-refractivity contribution is 6.35. The molecule has 0 unspecified atom stereocenters. The van der Waals surface area contributed by atoms with E-state index >= 15 is 0 Å². The fraction of sp³-hybridized carbons (Fsp3) is 0.517. The third kappa shape index (κ3) is 9.29. The molecule has 0 bridgehead atoms. The molecule has 1 aliphatic heterocycles. The van der Waals surface area contributed by atoms with E-state index < -0.39 is 36.1 Å². The van der Waals surface area contributed by atoms with Gasteiger partial charge in [-0.05, 0) is 37.5 Å². The van der Waals surface area contributed by atoms with Crippen LogP contribution in [0.5, 0.6) is 11.5 Å². The minimum Gasteiger partial charge on any atom is -0.493 e. The van der Waals surface area contributed by atoms with Crippen LogP contribution in [-0.2, 0) is 30.2 Å². The fourth-order valence-electron chi connectivity index (χ4n) is 4.53. The molecule has 0 saturated carbocycles. The number of unbranched alkanes of at least 4 members (excludes halogenated alkanes) is 2. The highest BCUT2D eigenvalue weighted by atomic mass is 35.5. The van der Waals surface area contributed by atoms with Crippen molar-refractivity contribution >= 4 is 41.0 Å². The lowest BCUT2D eigenvalue weighted by Gasteiger charge is -2.31. The van der Waals surface area contributed by atoms with Crippen molar-refractivity contribution in [1.29, 1.82) is 0 Å². The van der Waals surface area contributed by atoms with E-state index in [4.69, 9.17) is 46.9 Å². The molecule has 2 aromatic rings. The first-order chi connectivity index (χ1) is 19.6. The number of carbonyl (C=O) groups is 3. The number of nitrogens with one attached hydrogen (secondary N) is 1. The van der Waals surface area contributed by atoms with Crippen LogP contribution in [0.15, 0.2) is 30.5 Å². The van der Waals surface area contributed by atoms with Gasteiger partial charge in [-0.2, -0.15) is 0 Å². The Hall–Kier alpha value is -2.92. The number of ether oxygens (including phenoxy) is 5. The molecule has 1 aromatic heterocycles. The number of halogens is 2. The smallest absolute Gasteiger partial charge is 0.331 e. The lowest BCUT2D eigenvalue weighted by Crippen LogP contribution is -2.46. The van der Waals surface area contributed by atoms with Gasteiger partial charge in [0.05, 0.1) is 26.4 Å². The number of cyclic esters (lactones) is 1. The minimum absolute atomic E-state index is 0.133. The Balaban J connectivity index is 1.82. The molecule has 1 amide bonds. The lowest BCUT2D eigenvalue weighted by atomic mass is 9.91. The van der Waals surface area contributed by atoms with Gasteiger partial charge in [-0.25, -0.2) is 9.78 Å². The summed E-state index contributed by atoms with van der Waals surface area (Å²) in [6.45, 7) is 5.58. The van der Waals surface area contributed by atoms with Gasteiger partial charge in [-0.15, -0.1) is 0 Å². The first-order valence-electron chi connectivity index (χ1n) is 13.5. The van der Waals surface area contributed by atoms with Crippen molar-refractivity contribution in [2.45, 2.75) is 64.7 Å². The topological polar surface area (TPSA) is 122 Å². The third-order valence-corrected chi connectivity index (χ3v) is 7.13. The summed E-state index contributed by atoms with van der Waals surface area (Å²) in [4.78, 5) is 42.1. The van der Waals surface area contributed by atoms with Crippen molar-refractivity contribution in [2.24, 2.45) is 5.92 Å². The summed E-state index contributed by atoms with van der Waals surface area (Å²) >= 11 is 12.6. The van der Waals surface area contributed by atoms with Crippen molar-refractivity contribution < 1.29 is 38.1 Å². The molecule has 4 atom stereocenters. The molecule has 224 valence electrons. The van der Waals surface area contributed by atoms with Crippen LogP contribution in [0.1, 0.15) is 56.1 Å². The predicted molar refractivity (Wildman–Crippen MR) is 153 cm³/mol. The first kappa shape index (κ1) is 32.6. The summed E-state index contributed by atoms with van der Waals surface area (Å²) in [6, 6.07) is 5.58. The molecule has 1 aliphatic rings. The summed E-state index contributed by atoms with van der Waals surface area (Å²) in [5, 5.41) is 3.64. The average Bonchev–Trinajstić information content (AvgIpc) is 2.97. The Morgan fingerprint density at radius 3 is 2.63 bits per heavy atom. The predicted octanol–water partition coefficient (Wildman–Crippen LogP) is 4.82. The van der Waals surface area contributed by atoms with Crippen LogP contribution in [0.25, 0.3) is 0 Å². The number of esters is 2. The molecule has 3 rings (SSSR count). The second-order valence-electron chi connectivity index (χ2n) is 9.73. The average molecular weight is 612 g/mol. The van der Waals surface area contributed by atoms with Gasteiger partial charge in [-0.1, -0.05) is 49.0 Å². The van der Waals surface area contributed by atoms with Gasteiger partial charge in [0.2, 0.25) is 5.75 Å². The Morgan fingerprint density at radius 2 is 1.95 bits per heavy atom. The van der Waals surface area contributed by atoms with E-state index in [1.165, 1.54) is 26.3 Å². The molecular weight excluding hydrogens is 575 g/mol. The van der Waals surface area contributed by atoms with Crippen molar-refractivity contribution in [1.82, 2.24) is 10.3 Å². The highest BCUT2D eigenvalue weighted by Gasteiger charge is 2.36. The van der Waals surface area contributed by atoms with Gasteiger partial charge in [0.25, 0.3) is 5.91 Å². The number of pyridine rings is 1. The monoisotopic (exact) mass is 610 g/mol. The lowest BCUT2D eigenvalue weighted by molar-refractivity contribution is -0.160. The van der Waals surface area contributed by atoms with Crippen molar-refractivity contribution in [3.8, 4) is 11.5 Å². The van der Waals surface area contributed by atoms with E-state index in [1.807, 2.05) is 6.07 Å².